The molecule has 1 heterocycles. The molecule has 0 bridgehead atoms. The van der Waals surface area contributed by atoms with Crippen LogP contribution < -0.4 is 15.5 Å². The number of fused-ring (bicyclic) bond motifs is 1. The quantitative estimate of drug-likeness (QED) is 0.878. The summed E-state index contributed by atoms with van der Waals surface area (Å²) in [5, 5.41) is 6.05. The Labute approximate surface area is 149 Å². The highest BCUT2D eigenvalue weighted by Crippen LogP contribution is 2.36. The summed E-state index contributed by atoms with van der Waals surface area (Å²) in [6.45, 7) is 0.817. The number of urea groups is 1. The molecule has 2 N–H and O–H groups in total. The standard InChI is InChI=1S/C20H27N3O2/c24-19(14-8-9-14)23-12-4-5-15-13-17(10-11-18(15)23)22-20(25)21-16-6-2-1-3-7-16/h10-11,13-14,16H,1-9,12H2,(H2,21,22,25). The van der Waals surface area contributed by atoms with Crippen LogP contribution in [0.5, 0.6) is 0 Å². The Bertz CT molecular complexity index is 663. The van der Waals surface area contributed by atoms with E-state index in [1.807, 2.05) is 23.1 Å². The monoisotopic (exact) mass is 341 g/mol. The lowest BCUT2D eigenvalue weighted by Crippen LogP contribution is -2.39. The molecule has 5 heteroatoms. The van der Waals surface area contributed by atoms with Crippen molar-refractivity contribution >= 4 is 23.3 Å². The molecule has 1 aliphatic heterocycles. The van der Waals surface area contributed by atoms with Gasteiger partial charge in [0.25, 0.3) is 0 Å². The fourth-order valence-corrected chi connectivity index (χ4v) is 4.05. The van der Waals surface area contributed by atoms with E-state index in [4.69, 9.17) is 0 Å². The second kappa shape index (κ2) is 7.06. The van der Waals surface area contributed by atoms with Crippen LogP contribution in [0.25, 0.3) is 0 Å². The van der Waals surface area contributed by atoms with Crippen molar-refractivity contribution in [2.45, 2.75) is 63.8 Å². The molecule has 0 saturated heterocycles. The van der Waals surface area contributed by atoms with Gasteiger partial charge in [0.05, 0.1) is 0 Å². The molecule has 2 saturated carbocycles. The largest absolute Gasteiger partial charge is 0.335 e. The maximum atomic E-state index is 12.5. The average molecular weight is 341 g/mol. The van der Waals surface area contributed by atoms with E-state index in [0.29, 0.717) is 6.04 Å². The molecule has 3 amide bonds. The summed E-state index contributed by atoms with van der Waals surface area (Å²) in [4.78, 5) is 26.6. The Kier molecular flexibility index (Phi) is 4.64. The van der Waals surface area contributed by atoms with Crippen molar-refractivity contribution in [1.29, 1.82) is 0 Å². The lowest BCUT2D eigenvalue weighted by Gasteiger charge is -2.30. The van der Waals surface area contributed by atoms with E-state index in [1.165, 1.54) is 19.3 Å². The molecule has 1 aromatic carbocycles. The highest BCUT2D eigenvalue weighted by atomic mass is 16.2. The van der Waals surface area contributed by atoms with Crippen molar-refractivity contribution in [3.63, 3.8) is 0 Å². The van der Waals surface area contributed by atoms with Crippen molar-refractivity contribution < 1.29 is 9.59 Å². The maximum absolute atomic E-state index is 12.5. The fraction of sp³-hybridized carbons (Fsp3) is 0.600. The van der Waals surface area contributed by atoms with E-state index in [9.17, 15) is 9.59 Å². The Morgan fingerprint density at radius 2 is 1.80 bits per heavy atom. The third-order valence-electron chi connectivity index (χ3n) is 5.59. The molecule has 3 aliphatic rings. The minimum atomic E-state index is -0.117. The van der Waals surface area contributed by atoms with Crippen LogP contribution >= 0.6 is 0 Å². The topological polar surface area (TPSA) is 61.4 Å². The van der Waals surface area contributed by atoms with Gasteiger partial charge in [0, 0.05) is 29.9 Å². The molecule has 0 aromatic heterocycles. The molecule has 4 rings (SSSR count). The highest BCUT2D eigenvalue weighted by molar-refractivity contribution is 5.98. The lowest BCUT2D eigenvalue weighted by molar-refractivity contribution is -0.119. The van der Waals surface area contributed by atoms with Crippen molar-refractivity contribution in [3.8, 4) is 0 Å². The van der Waals surface area contributed by atoms with Crippen LogP contribution in [0, 0.1) is 5.92 Å². The minimum Gasteiger partial charge on any atom is -0.335 e. The molecular formula is C20H27N3O2. The van der Waals surface area contributed by atoms with Crippen LogP contribution in [0.1, 0.15) is 56.9 Å². The van der Waals surface area contributed by atoms with Crippen LogP contribution in [0.3, 0.4) is 0 Å². The van der Waals surface area contributed by atoms with Gasteiger partial charge in [0.2, 0.25) is 5.91 Å². The third-order valence-corrected chi connectivity index (χ3v) is 5.59. The number of benzene rings is 1. The first-order valence-corrected chi connectivity index (χ1v) is 9.72. The molecule has 25 heavy (non-hydrogen) atoms. The Morgan fingerprint density at radius 1 is 1.00 bits per heavy atom. The third kappa shape index (κ3) is 3.80. The first kappa shape index (κ1) is 16.4. The number of amides is 3. The Morgan fingerprint density at radius 3 is 2.56 bits per heavy atom. The summed E-state index contributed by atoms with van der Waals surface area (Å²) < 4.78 is 0. The van der Waals surface area contributed by atoms with Gasteiger partial charge in [0.15, 0.2) is 0 Å². The molecule has 134 valence electrons. The number of nitrogens with one attached hydrogen (secondary N) is 2. The lowest BCUT2D eigenvalue weighted by atomic mass is 9.96. The van der Waals surface area contributed by atoms with Gasteiger partial charge >= 0.3 is 6.03 Å². The van der Waals surface area contributed by atoms with Gasteiger partial charge in [-0.2, -0.15) is 0 Å². The van der Waals surface area contributed by atoms with E-state index in [2.05, 4.69) is 10.6 Å². The number of hydrogen-bond acceptors (Lipinski definition) is 2. The predicted octanol–water partition coefficient (Wildman–Crippen LogP) is 3.83. The summed E-state index contributed by atoms with van der Waals surface area (Å²) in [5.41, 5.74) is 3.00. The first-order chi connectivity index (χ1) is 12.2. The molecule has 1 aromatic rings. The first-order valence-electron chi connectivity index (χ1n) is 9.72. The van der Waals surface area contributed by atoms with Crippen LogP contribution in [-0.2, 0) is 11.2 Å². The van der Waals surface area contributed by atoms with E-state index >= 15 is 0 Å². The normalized spacial score (nSPS) is 20.7. The second-order valence-corrected chi connectivity index (χ2v) is 7.64. The molecule has 2 aliphatic carbocycles. The molecule has 5 nitrogen and oxygen atoms in total. The number of hydrogen-bond donors (Lipinski definition) is 2. The summed E-state index contributed by atoms with van der Waals surface area (Å²) in [7, 11) is 0. The molecule has 0 unspecified atom stereocenters. The number of anilines is 2. The molecule has 0 radical (unpaired) electrons. The van der Waals surface area contributed by atoms with Crippen LogP contribution in [0.15, 0.2) is 18.2 Å². The van der Waals surface area contributed by atoms with Gasteiger partial charge in [0.1, 0.15) is 0 Å². The number of rotatable bonds is 3. The summed E-state index contributed by atoms with van der Waals surface area (Å²) in [6, 6.07) is 6.12. The number of aryl methyl sites for hydroxylation is 1. The van der Waals surface area contributed by atoms with E-state index in [0.717, 1.165) is 62.0 Å². The average Bonchev–Trinajstić information content (AvgIpc) is 3.46. The van der Waals surface area contributed by atoms with Gasteiger partial charge in [-0.25, -0.2) is 4.79 Å². The molecular weight excluding hydrogens is 314 g/mol. The zero-order valence-electron chi connectivity index (χ0n) is 14.7. The minimum absolute atomic E-state index is 0.117. The van der Waals surface area contributed by atoms with Crippen molar-refractivity contribution in [2.75, 3.05) is 16.8 Å². The Balaban J connectivity index is 1.41. The summed E-state index contributed by atoms with van der Waals surface area (Å²) in [6.07, 6.45) is 9.86. The molecule has 0 atom stereocenters. The number of nitrogens with zero attached hydrogens (tertiary/aromatic N) is 1. The summed E-state index contributed by atoms with van der Waals surface area (Å²) in [5.74, 6) is 0.515. The van der Waals surface area contributed by atoms with Gasteiger partial charge in [-0.1, -0.05) is 19.3 Å². The van der Waals surface area contributed by atoms with Crippen molar-refractivity contribution in [1.82, 2.24) is 5.32 Å². The number of carbonyl (C=O) groups excluding carboxylic acids is 2. The zero-order valence-corrected chi connectivity index (χ0v) is 14.7. The van der Waals surface area contributed by atoms with Crippen molar-refractivity contribution in [3.05, 3.63) is 23.8 Å². The van der Waals surface area contributed by atoms with Gasteiger partial charge in [-0.15, -0.1) is 0 Å². The Hall–Kier alpha value is -2.04. The van der Waals surface area contributed by atoms with Crippen LogP contribution in [0.2, 0.25) is 0 Å². The fourth-order valence-electron chi connectivity index (χ4n) is 4.05. The maximum Gasteiger partial charge on any atom is 0.319 e. The summed E-state index contributed by atoms with van der Waals surface area (Å²) >= 11 is 0. The van der Waals surface area contributed by atoms with E-state index < -0.39 is 0 Å². The van der Waals surface area contributed by atoms with Gasteiger partial charge in [-0.05, 0) is 62.3 Å². The van der Waals surface area contributed by atoms with Crippen LogP contribution in [-0.4, -0.2) is 24.5 Å². The predicted molar refractivity (Wildman–Crippen MR) is 98.9 cm³/mol. The SMILES string of the molecule is O=C(Nc1ccc2c(c1)CCCN2C(=O)C1CC1)NC1CCCCC1. The smallest absolute Gasteiger partial charge is 0.319 e. The highest BCUT2D eigenvalue weighted by Gasteiger charge is 2.35. The van der Waals surface area contributed by atoms with E-state index in [1.54, 1.807) is 0 Å². The second-order valence-electron chi connectivity index (χ2n) is 7.64. The molecule has 0 spiro atoms. The van der Waals surface area contributed by atoms with Crippen LogP contribution in [0.4, 0.5) is 16.2 Å². The van der Waals surface area contributed by atoms with Gasteiger partial charge < -0.3 is 15.5 Å². The zero-order chi connectivity index (χ0) is 17.2. The van der Waals surface area contributed by atoms with Crippen molar-refractivity contribution in [2.24, 2.45) is 5.92 Å². The van der Waals surface area contributed by atoms with E-state index in [-0.39, 0.29) is 17.9 Å². The molecule has 2 fully saturated rings. The number of carbonyl (C=O) groups is 2. The van der Waals surface area contributed by atoms with Gasteiger partial charge in [-0.3, -0.25) is 4.79 Å².